The van der Waals surface area contributed by atoms with Gasteiger partial charge in [-0.05, 0) is 25.2 Å². The van der Waals surface area contributed by atoms with Gasteiger partial charge in [0.2, 0.25) is 0 Å². The molecule has 1 saturated heterocycles. The lowest BCUT2D eigenvalue weighted by atomic mass is 10.2. The van der Waals surface area contributed by atoms with Gasteiger partial charge in [-0.1, -0.05) is 12.1 Å². The molecule has 2 N–H and O–H groups in total. The van der Waals surface area contributed by atoms with Crippen molar-refractivity contribution >= 4 is 39.5 Å². The fraction of sp³-hybridized carbons (Fsp3) is 0.294. The molecule has 2 aromatic rings. The minimum atomic E-state index is -0.902. The summed E-state index contributed by atoms with van der Waals surface area (Å²) in [5.41, 5.74) is 2.66. The van der Waals surface area contributed by atoms with E-state index in [1.165, 1.54) is 11.3 Å². The molecule has 0 atom stereocenters. The lowest BCUT2D eigenvalue weighted by molar-refractivity contribution is 0.0702. The summed E-state index contributed by atoms with van der Waals surface area (Å²) in [5.74, 6) is -0.0415. The van der Waals surface area contributed by atoms with E-state index in [1.807, 2.05) is 24.3 Å². The van der Waals surface area contributed by atoms with Crippen LogP contribution in [0.3, 0.4) is 0 Å². The highest BCUT2D eigenvalue weighted by Gasteiger charge is 2.27. The van der Waals surface area contributed by atoms with Crippen molar-refractivity contribution in [2.45, 2.75) is 0 Å². The first-order chi connectivity index (χ1) is 11.6. The van der Waals surface area contributed by atoms with E-state index in [2.05, 4.69) is 22.2 Å². The van der Waals surface area contributed by atoms with Gasteiger partial charge in [0.1, 0.15) is 15.7 Å². The molecule has 7 heteroatoms. The normalized spacial score (nSPS) is 17.4. The van der Waals surface area contributed by atoms with Crippen LogP contribution in [0.2, 0.25) is 0 Å². The zero-order chi connectivity index (χ0) is 16.7. The number of carboxylic acids is 1. The number of aromatic carboxylic acids is 1. The Morgan fingerprint density at radius 1 is 1.25 bits per heavy atom. The minimum Gasteiger partial charge on any atom is -0.477 e. The number of hydrogen-bond acceptors (Lipinski definition) is 6. The van der Waals surface area contributed by atoms with Gasteiger partial charge in [0.05, 0.1) is 16.9 Å². The van der Waals surface area contributed by atoms with Crippen LogP contribution in [-0.4, -0.2) is 59.9 Å². The van der Waals surface area contributed by atoms with Gasteiger partial charge in [0.15, 0.2) is 0 Å². The Hall–Kier alpha value is -2.38. The van der Waals surface area contributed by atoms with Crippen LogP contribution >= 0.6 is 11.3 Å². The highest BCUT2D eigenvalue weighted by molar-refractivity contribution is 7.18. The first-order valence-electron chi connectivity index (χ1n) is 7.87. The van der Waals surface area contributed by atoms with E-state index >= 15 is 0 Å². The second kappa shape index (κ2) is 5.92. The number of rotatable bonds is 1. The van der Waals surface area contributed by atoms with Crippen LogP contribution in [0.5, 0.6) is 0 Å². The van der Waals surface area contributed by atoms with Crippen molar-refractivity contribution in [1.29, 1.82) is 0 Å². The predicted octanol–water partition coefficient (Wildman–Crippen LogP) is 2.83. The zero-order valence-corrected chi connectivity index (χ0v) is 14.1. The van der Waals surface area contributed by atoms with E-state index in [1.54, 1.807) is 6.07 Å². The summed E-state index contributed by atoms with van der Waals surface area (Å²) >= 11 is 1.26. The molecule has 2 aliphatic rings. The molecule has 6 nitrogen and oxygen atoms in total. The Balaban J connectivity index is 1.82. The second-order valence-corrected chi connectivity index (χ2v) is 7.08. The number of likely N-dealkylation sites (N-methyl/N-ethyl adjacent to an activating group) is 1. The van der Waals surface area contributed by atoms with E-state index in [4.69, 9.17) is 4.99 Å². The largest absolute Gasteiger partial charge is 0.477 e. The van der Waals surface area contributed by atoms with Crippen LogP contribution in [0.25, 0.3) is 0 Å². The Bertz CT molecular complexity index is 822. The third-order valence-electron chi connectivity index (χ3n) is 4.37. The molecule has 4 rings (SSSR count). The van der Waals surface area contributed by atoms with Crippen LogP contribution < -0.4 is 5.32 Å². The number of hydrogen-bond donors (Lipinski definition) is 2. The SMILES string of the molecule is CN1CCN(C2=Nc3ccccc3Nc3sc(C(=O)O)cc32)CC1. The summed E-state index contributed by atoms with van der Waals surface area (Å²) in [6.45, 7) is 3.71. The molecule has 1 fully saturated rings. The first-order valence-corrected chi connectivity index (χ1v) is 8.69. The second-order valence-electron chi connectivity index (χ2n) is 6.03. The summed E-state index contributed by atoms with van der Waals surface area (Å²) in [6, 6.07) is 9.60. The molecular formula is C17H18N4O2S. The number of piperazine rings is 1. The van der Waals surface area contributed by atoms with Crippen molar-refractivity contribution in [1.82, 2.24) is 9.80 Å². The molecule has 124 valence electrons. The maximum absolute atomic E-state index is 11.4. The van der Waals surface area contributed by atoms with Crippen molar-refractivity contribution in [2.75, 3.05) is 38.5 Å². The number of anilines is 2. The van der Waals surface area contributed by atoms with E-state index in [-0.39, 0.29) is 0 Å². The quantitative estimate of drug-likeness (QED) is 0.834. The maximum Gasteiger partial charge on any atom is 0.345 e. The number of amidine groups is 1. The molecule has 0 saturated carbocycles. The van der Waals surface area contributed by atoms with E-state index in [9.17, 15) is 9.90 Å². The van der Waals surface area contributed by atoms with Gasteiger partial charge >= 0.3 is 5.97 Å². The Labute approximate surface area is 144 Å². The van der Waals surface area contributed by atoms with Crippen LogP contribution in [0, 0.1) is 0 Å². The lowest BCUT2D eigenvalue weighted by Gasteiger charge is -2.34. The third-order valence-corrected chi connectivity index (χ3v) is 5.40. The number of para-hydroxylation sites is 2. The van der Waals surface area contributed by atoms with Gasteiger partial charge in [0, 0.05) is 26.2 Å². The van der Waals surface area contributed by atoms with Crippen LogP contribution in [0.4, 0.5) is 16.4 Å². The number of nitrogens with zero attached hydrogens (tertiary/aromatic N) is 3. The highest BCUT2D eigenvalue weighted by Crippen LogP contribution is 2.39. The summed E-state index contributed by atoms with van der Waals surface area (Å²) in [5, 5.41) is 13.6. The fourth-order valence-corrected chi connectivity index (χ4v) is 3.89. The van der Waals surface area contributed by atoms with Gasteiger partial charge in [0.25, 0.3) is 0 Å². The molecule has 0 unspecified atom stereocenters. The summed E-state index contributed by atoms with van der Waals surface area (Å²) in [4.78, 5) is 21.1. The smallest absolute Gasteiger partial charge is 0.345 e. The van der Waals surface area contributed by atoms with E-state index in [0.717, 1.165) is 54.0 Å². The number of nitrogens with one attached hydrogen (secondary N) is 1. The molecule has 24 heavy (non-hydrogen) atoms. The molecule has 0 bridgehead atoms. The van der Waals surface area contributed by atoms with Crippen LogP contribution in [0.15, 0.2) is 35.3 Å². The Morgan fingerprint density at radius 3 is 2.75 bits per heavy atom. The van der Waals surface area contributed by atoms with Gasteiger partial charge < -0.3 is 20.2 Å². The number of fused-ring (bicyclic) bond motifs is 2. The molecule has 0 aliphatic carbocycles. The average molecular weight is 342 g/mol. The predicted molar refractivity (Wildman–Crippen MR) is 96.3 cm³/mol. The highest BCUT2D eigenvalue weighted by atomic mass is 32.1. The van der Waals surface area contributed by atoms with Crippen molar-refractivity contribution < 1.29 is 9.90 Å². The summed E-state index contributed by atoms with van der Waals surface area (Å²) in [7, 11) is 2.11. The number of benzene rings is 1. The molecule has 0 amide bonds. The number of aliphatic imine (C=N–C) groups is 1. The summed E-state index contributed by atoms with van der Waals surface area (Å²) < 4.78 is 0. The molecule has 2 aliphatic heterocycles. The molecular weight excluding hydrogens is 324 g/mol. The van der Waals surface area contributed by atoms with Gasteiger partial charge in [-0.25, -0.2) is 9.79 Å². The van der Waals surface area contributed by atoms with Gasteiger partial charge in [-0.3, -0.25) is 0 Å². The third kappa shape index (κ3) is 2.65. The van der Waals surface area contributed by atoms with E-state index in [0.29, 0.717) is 4.88 Å². The van der Waals surface area contributed by atoms with Crippen LogP contribution in [-0.2, 0) is 0 Å². The van der Waals surface area contributed by atoms with Crippen molar-refractivity contribution in [2.24, 2.45) is 4.99 Å². The zero-order valence-electron chi connectivity index (χ0n) is 13.3. The Morgan fingerprint density at radius 2 is 2.00 bits per heavy atom. The van der Waals surface area contributed by atoms with Gasteiger partial charge in [-0.15, -0.1) is 11.3 Å². The topological polar surface area (TPSA) is 68.2 Å². The summed E-state index contributed by atoms with van der Waals surface area (Å²) in [6.07, 6.45) is 0. The lowest BCUT2D eigenvalue weighted by Crippen LogP contribution is -2.47. The van der Waals surface area contributed by atoms with E-state index < -0.39 is 5.97 Å². The average Bonchev–Trinajstić information content (AvgIpc) is 2.92. The molecule has 0 spiro atoms. The number of thiophene rings is 1. The molecule has 0 radical (unpaired) electrons. The van der Waals surface area contributed by atoms with Crippen molar-refractivity contribution in [3.05, 3.63) is 40.8 Å². The molecule has 1 aromatic heterocycles. The number of carboxylic acid groups (broad SMARTS) is 1. The molecule has 1 aromatic carbocycles. The fourth-order valence-electron chi connectivity index (χ4n) is 2.99. The van der Waals surface area contributed by atoms with Gasteiger partial charge in [-0.2, -0.15) is 0 Å². The molecule has 3 heterocycles. The monoisotopic (exact) mass is 342 g/mol. The Kier molecular flexibility index (Phi) is 3.74. The number of carbonyl (C=O) groups is 1. The minimum absolute atomic E-state index is 0.328. The van der Waals surface area contributed by atoms with Crippen molar-refractivity contribution in [3.63, 3.8) is 0 Å². The van der Waals surface area contributed by atoms with Crippen molar-refractivity contribution in [3.8, 4) is 0 Å². The first kappa shape index (κ1) is 15.2. The standard InChI is InChI=1S/C17H18N4O2S/c1-20-6-8-21(9-7-20)15-11-10-14(17(22)23)24-16(11)19-13-5-3-2-4-12(13)18-15/h2-5,10,19H,6-9H2,1H3,(H,22,23). The maximum atomic E-state index is 11.4. The van der Waals surface area contributed by atoms with Crippen LogP contribution in [0.1, 0.15) is 15.2 Å².